The first-order chi connectivity index (χ1) is 21.3. The van der Waals surface area contributed by atoms with Gasteiger partial charge < -0.3 is 24.1 Å². The number of carbonyl (C=O) groups is 1. The van der Waals surface area contributed by atoms with Gasteiger partial charge in [-0.05, 0) is 88.5 Å². The molecule has 0 saturated heterocycles. The third kappa shape index (κ3) is 5.26. The predicted octanol–water partition coefficient (Wildman–Crippen LogP) is 7.32. The number of rotatable bonds is 7. The number of halogens is 5. The van der Waals surface area contributed by atoms with Crippen molar-refractivity contribution in [2.24, 2.45) is 5.41 Å². The number of benzene rings is 1. The highest BCUT2D eigenvalue weighted by atomic mass is 19.4. The van der Waals surface area contributed by atoms with Crippen LogP contribution in [0.25, 0.3) is 5.69 Å². The van der Waals surface area contributed by atoms with Crippen LogP contribution >= 0.6 is 0 Å². The molecule has 45 heavy (non-hydrogen) atoms. The van der Waals surface area contributed by atoms with Crippen LogP contribution in [0.5, 0.6) is 17.4 Å². The Balaban J connectivity index is 1.18. The number of pyridine rings is 1. The van der Waals surface area contributed by atoms with Gasteiger partial charge in [-0.2, -0.15) is 18.3 Å². The van der Waals surface area contributed by atoms with E-state index < -0.39 is 47.4 Å². The van der Waals surface area contributed by atoms with Crippen molar-refractivity contribution in [3.63, 3.8) is 0 Å². The first-order valence-electron chi connectivity index (χ1n) is 14.9. The number of carboxylic acids is 1. The number of alkyl halides is 5. The molecule has 0 amide bonds. The molecule has 0 spiro atoms. The minimum Gasteiger partial charge on any atom is -0.481 e. The predicted molar refractivity (Wildman–Crippen MR) is 145 cm³/mol. The summed E-state index contributed by atoms with van der Waals surface area (Å²) in [5, 5.41) is 13.8. The van der Waals surface area contributed by atoms with E-state index in [1.165, 1.54) is 41.2 Å². The molecule has 2 aromatic heterocycles. The molecule has 1 unspecified atom stereocenters. The van der Waals surface area contributed by atoms with Gasteiger partial charge in [-0.15, -0.1) is 8.78 Å². The van der Waals surface area contributed by atoms with E-state index >= 15 is 0 Å². The van der Waals surface area contributed by atoms with E-state index in [-0.39, 0.29) is 35.1 Å². The molecule has 14 heteroatoms. The molecule has 5 aliphatic rings. The van der Waals surface area contributed by atoms with Gasteiger partial charge in [0.15, 0.2) is 17.2 Å². The molecule has 1 aromatic carbocycles. The van der Waals surface area contributed by atoms with E-state index in [1.54, 1.807) is 6.92 Å². The summed E-state index contributed by atoms with van der Waals surface area (Å²) in [5.74, 6) is -0.974. The minimum absolute atomic E-state index is 0.0808. The Kier molecular flexibility index (Phi) is 6.81. The number of aromatic nitrogens is 3. The van der Waals surface area contributed by atoms with Crippen molar-refractivity contribution in [3.05, 3.63) is 59.0 Å². The zero-order valence-corrected chi connectivity index (χ0v) is 24.2. The van der Waals surface area contributed by atoms with E-state index in [4.69, 9.17) is 9.47 Å². The number of fused-ring (bicyclic) bond motifs is 5. The summed E-state index contributed by atoms with van der Waals surface area (Å²) < 4.78 is 92.6. The van der Waals surface area contributed by atoms with Crippen LogP contribution in [0, 0.1) is 5.41 Å². The molecule has 8 rings (SSSR count). The topological polar surface area (TPSA) is 105 Å². The number of carboxylic acid groups (broad SMARTS) is 1. The quantitative estimate of drug-likeness (QED) is 0.270. The van der Waals surface area contributed by atoms with Crippen molar-refractivity contribution < 1.29 is 50.8 Å². The minimum atomic E-state index is -4.69. The second-order valence-electron chi connectivity index (χ2n) is 12.4. The standard InChI is InChI=1S/C31H30F5N3O6/c1-17(18-5-6-21-23(15-18)45-31(35,36)44-21)42-24-16-19(7-14-37-24)39-25-20(26(38-39)30(32,33)34)3-2-4-22(25)43-29-11-8-28(9-12-29,10-13-29)27(40)41/h5-7,14-17,22H,2-4,8-13H2,1H3,(H,40,41)/t17?,22-,28?,29?/m0/s1. The zero-order valence-electron chi connectivity index (χ0n) is 24.2. The number of aliphatic carboxylic acids is 1. The third-order valence-corrected chi connectivity index (χ3v) is 9.67. The largest absolute Gasteiger partial charge is 0.586 e. The van der Waals surface area contributed by atoms with E-state index in [1.807, 2.05) is 0 Å². The molecule has 240 valence electrons. The van der Waals surface area contributed by atoms with Gasteiger partial charge in [0.25, 0.3) is 0 Å². The highest BCUT2D eigenvalue weighted by molar-refractivity contribution is 5.75. The van der Waals surface area contributed by atoms with Crippen molar-refractivity contribution in [2.75, 3.05) is 0 Å². The lowest BCUT2D eigenvalue weighted by Crippen LogP contribution is -2.51. The molecule has 3 saturated carbocycles. The molecule has 0 radical (unpaired) electrons. The van der Waals surface area contributed by atoms with Crippen molar-refractivity contribution in [1.29, 1.82) is 0 Å². The fraction of sp³-hybridized carbons (Fsp3) is 0.516. The van der Waals surface area contributed by atoms with Crippen LogP contribution in [0.4, 0.5) is 22.0 Å². The summed E-state index contributed by atoms with van der Waals surface area (Å²) in [6.07, 6.45) is -4.22. The maximum Gasteiger partial charge on any atom is 0.586 e. The summed E-state index contributed by atoms with van der Waals surface area (Å²) >= 11 is 0. The van der Waals surface area contributed by atoms with Gasteiger partial charge in [-0.3, -0.25) is 4.79 Å². The van der Waals surface area contributed by atoms with E-state index in [2.05, 4.69) is 19.6 Å². The number of nitrogens with zero attached hydrogens (tertiary/aromatic N) is 3. The highest BCUT2D eigenvalue weighted by Crippen LogP contribution is 2.56. The van der Waals surface area contributed by atoms with Gasteiger partial charge in [-0.25, -0.2) is 9.67 Å². The van der Waals surface area contributed by atoms with Gasteiger partial charge in [0, 0.05) is 17.8 Å². The molecule has 3 fully saturated rings. The van der Waals surface area contributed by atoms with E-state index in [0.29, 0.717) is 62.6 Å². The Bertz CT molecular complexity index is 1630. The molecule has 3 heterocycles. The van der Waals surface area contributed by atoms with E-state index in [0.717, 1.165) is 0 Å². The summed E-state index contributed by atoms with van der Waals surface area (Å²) in [6.45, 7) is 1.66. The molecule has 1 aliphatic heterocycles. The van der Waals surface area contributed by atoms with Gasteiger partial charge in [-0.1, -0.05) is 6.07 Å². The summed E-state index contributed by atoms with van der Waals surface area (Å²) in [7, 11) is 0. The SMILES string of the molecule is CC(Oc1cc(-n2nc(C(F)(F)F)c3c2[C@@H](OC24CCC(C(=O)O)(CC2)CC4)CCC3)ccn1)c1ccc2c(c1)OC(F)(F)O2. The number of ether oxygens (including phenoxy) is 4. The molecular formula is C31H30F5N3O6. The van der Waals surface area contributed by atoms with Crippen LogP contribution in [0.15, 0.2) is 36.5 Å². The second kappa shape index (κ2) is 10.3. The monoisotopic (exact) mass is 635 g/mol. The first kappa shape index (κ1) is 29.8. The number of hydrogen-bond acceptors (Lipinski definition) is 7. The number of hydrogen-bond donors (Lipinski definition) is 1. The Morgan fingerprint density at radius 1 is 1.07 bits per heavy atom. The lowest BCUT2D eigenvalue weighted by Gasteiger charge is -2.52. The molecule has 2 bridgehead atoms. The van der Waals surface area contributed by atoms with Gasteiger partial charge in [0.1, 0.15) is 12.2 Å². The van der Waals surface area contributed by atoms with Crippen LogP contribution in [0.3, 0.4) is 0 Å². The summed E-state index contributed by atoms with van der Waals surface area (Å²) in [5.41, 5.74) is -1.13. The lowest BCUT2D eigenvalue weighted by molar-refractivity contribution is -0.286. The van der Waals surface area contributed by atoms with Crippen LogP contribution in [0.2, 0.25) is 0 Å². The first-order valence-corrected chi connectivity index (χ1v) is 14.9. The lowest BCUT2D eigenvalue weighted by atomic mass is 9.58. The second-order valence-corrected chi connectivity index (χ2v) is 12.4. The van der Waals surface area contributed by atoms with Gasteiger partial charge in [0.05, 0.1) is 22.4 Å². The Hall–Kier alpha value is -3.94. The molecule has 1 N–H and O–H groups in total. The average Bonchev–Trinajstić information content (AvgIpc) is 3.55. The molecule has 2 atom stereocenters. The Morgan fingerprint density at radius 2 is 1.78 bits per heavy atom. The van der Waals surface area contributed by atoms with E-state index in [9.17, 15) is 31.9 Å². The van der Waals surface area contributed by atoms with Gasteiger partial charge in [0.2, 0.25) is 5.88 Å². The van der Waals surface area contributed by atoms with Crippen LogP contribution in [-0.4, -0.2) is 37.7 Å². The van der Waals surface area contributed by atoms with Crippen molar-refractivity contribution in [2.45, 2.75) is 95.0 Å². The van der Waals surface area contributed by atoms with Gasteiger partial charge >= 0.3 is 18.4 Å². The van der Waals surface area contributed by atoms with Crippen LogP contribution in [-0.2, 0) is 22.1 Å². The zero-order chi connectivity index (χ0) is 31.8. The maximum absolute atomic E-state index is 14.3. The third-order valence-electron chi connectivity index (χ3n) is 9.67. The fourth-order valence-corrected chi connectivity index (χ4v) is 7.19. The molecule has 9 nitrogen and oxygen atoms in total. The molecular weight excluding hydrogens is 605 g/mol. The normalized spacial score (nSPS) is 27.2. The van der Waals surface area contributed by atoms with Crippen molar-refractivity contribution in [1.82, 2.24) is 14.8 Å². The van der Waals surface area contributed by atoms with Crippen molar-refractivity contribution in [3.8, 4) is 23.1 Å². The highest BCUT2D eigenvalue weighted by Gasteiger charge is 2.54. The Morgan fingerprint density at radius 3 is 2.47 bits per heavy atom. The maximum atomic E-state index is 14.3. The molecule has 3 aromatic rings. The van der Waals surface area contributed by atoms with Crippen LogP contribution in [0.1, 0.15) is 93.0 Å². The summed E-state index contributed by atoms with van der Waals surface area (Å²) in [4.78, 5) is 16.1. The molecule has 4 aliphatic carbocycles. The van der Waals surface area contributed by atoms with Crippen molar-refractivity contribution >= 4 is 5.97 Å². The average molecular weight is 636 g/mol. The fourth-order valence-electron chi connectivity index (χ4n) is 7.19. The smallest absolute Gasteiger partial charge is 0.481 e. The van der Waals surface area contributed by atoms with Crippen LogP contribution < -0.4 is 14.2 Å². The Labute approximate surface area is 254 Å². The summed E-state index contributed by atoms with van der Waals surface area (Å²) in [6, 6.07) is 7.24.